The fourth-order valence-corrected chi connectivity index (χ4v) is 4.06. The Morgan fingerprint density at radius 1 is 1.36 bits per heavy atom. The van der Waals surface area contributed by atoms with Crippen molar-refractivity contribution in [3.8, 4) is 0 Å². The Labute approximate surface area is 95.3 Å². The molecule has 3 nitrogen and oxygen atoms in total. The Bertz CT molecular complexity index is 236. The van der Waals surface area contributed by atoms with Crippen molar-refractivity contribution in [3.05, 3.63) is 0 Å². The summed E-state index contributed by atoms with van der Waals surface area (Å²) in [6.45, 7) is 4.37. The highest BCUT2D eigenvalue weighted by atomic mass is 79.9. The first kappa shape index (κ1) is 14.4. The van der Waals surface area contributed by atoms with Gasteiger partial charge in [0.1, 0.15) is 0 Å². The van der Waals surface area contributed by atoms with Gasteiger partial charge in [-0.3, -0.25) is 0 Å². The van der Waals surface area contributed by atoms with E-state index >= 15 is 0 Å². The summed E-state index contributed by atoms with van der Waals surface area (Å²) in [6, 6.07) is 0. The number of halogens is 1. The summed E-state index contributed by atoms with van der Waals surface area (Å²) in [4.78, 5) is 0. The monoisotopic (exact) mass is 286 g/mol. The number of hydrogen-bond acceptors (Lipinski definition) is 3. The maximum Gasteiger partial charge on any atom is 0.152 e. The number of methoxy groups -OCH3 is 1. The summed E-state index contributed by atoms with van der Waals surface area (Å²) in [5.41, 5.74) is 0. The molecule has 1 unspecified atom stereocenters. The van der Waals surface area contributed by atoms with Gasteiger partial charge in [-0.2, -0.15) is 0 Å². The Morgan fingerprint density at radius 2 is 1.93 bits per heavy atom. The van der Waals surface area contributed by atoms with Crippen molar-refractivity contribution in [1.29, 1.82) is 0 Å². The van der Waals surface area contributed by atoms with Crippen LogP contribution in [0.2, 0.25) is 0 Å². The standard InChI is InChI=1S/C9H19BrO3S/c1-8(2)9(6-10)7-14(11,12)5-4-13-3/h8-9H,4-7H2,1-3H3. The number of sulfone groups is 1. The van der Waals surface area contributed by atoms with Crippen molar-refractivity contribution in [2.75, 3.05) is 30.6 Å². The minimum atomic E-state index is -2.96. The number of hydrogen-bond donors (Lipinski definition) is 0. The van der Waals surface area contributed by atoms with E-state index in [1.165, 1.54) is 7.11 Å². The topological polar surface area (TPSA) is 43.4 Å². The SMILES string of the molecule is COCCS(=O)(=O)CC(CBr)C(C)C. The van der Waals surface area contributed by atoms with Gasteiger partial charge in [-0.1, -0.05) is 29.8 Å². The summed E-state index contributed by atoms with van der Waals surface area (Å²) < 4.78 is 27.9. The molecule has 1 atom stereocenters. The largest absolute Gasteiger partial charge is 0.384 e. The van der Waals surface area contributed by atoms with Gasteiger partial charge in [0.25, 0.3) is 0 Å². The second-order valence-corrected chi connectivity index (χ2v) is 6.64. The number of alkyl halides is 1. The molecule has 86 valence electrons. The highest BCUT2D eigenvalue weighted by Crippen LogP contribution is 2.16. The third-order valence-electron chi connectivity index (χ3n) is 2.21. The summed E-state index contributed by atoms with van der Waals surface area (Å²) >= 11 is 3.34. The lowest BCUT2D eigenvalue weighted by molar-refractivity contribution is 0.217. The van der Waals surface area contributed by atoms with Crippen LogP contribution >= 0.6 is 15.9 Å². The zero-order chi connectivity index (χ0) is 11.2. The molecule has 5 heteroatoms. The van der Waals surface area contributed by atoms with Crippen molar-refractivity contribution in [2.45, 2.75) is 13.8 Å². The summed E-state index contributed by atoms with van der Waals surface area (Å²) in [5.74, 6) is 0.947. The highest BCUT2D eigenvalue weighted by molar-refractivity contribution is 9.09. The van der Waals surface area contributed by atoms with Crippen molar-refractivity contribution in [1.82, 2.24) is 0 Å². The zero-order valence-corrected chi connectivity index (χ0v) is 11.4. The normalized spacial score (nSPS) is 14.6. The average molecular weight is 287 g/mol. The van der Waals surface area contributed by atoms with Gasteiger partial charge in [0.15, 0.2) is 9.84 Å². The molecule has 0 saturated carbocycles. The average Bonchev–Trinajstić information content (AvgIpc) is 2.10. The van der Waals surface area contributed by atoms with Gasteiger partial charge in [-0.25, -0.2) is 8.42 Å². The molecular formula is C9H19BrO3S. The molecule has 0 aromatic carbocycles. The molecular weight excluding hydrogens is 268 g/mol. The molecule has 0 saturated heterocycles. The summed E-state index contributed by atoms with van der Waals surface area (Å²) in [6.07, 6.45) is 0. The van der Waals surface area contributed by atoms with Crippen molar-refractivity contribution in [2.24, 2.45) is 11.8 Å². The van der Waals surface area contributed by atoms with E-state index in [9.17, 15) is 8.42 Å². The molecule has 0 aliphatic heterocycles. The van der Waals surface area contributed by atoms with Gasteiger partial charge in [0.2, 0.25) is 0 Å². The molecule has 0 aliphatic carbocycles. The van der Waals surface area contributed by atoms with E-state index in [0.717, 1.165) is 5.33 Å². The van der Waals surface area contributed by atoms with Crippen LogP contribution in [0.25, 0.3) is 0 Å². The zero-order valence-electron chi connectivity index (χ0n) is 8.99. The van der Waals surface area contributed by atoms with Crippen LogP contribution in [-0.4, -0.2) is 39.0 Å². The molecule has 0 fully saturated rings. The van der Waals surface area contributed by atoms with Crippen LogP contribution < -0.4 is 0 Å². The van der Waals surface area contributed by atoms with Gasteiger partial charge >= 0.3 is 0 Å². The van der Waals surface area contributed by atoms with Gasteiger partial charge in [0, 0.05) is 12.4 Å². The molecule has 14 heavy (non-hydrogen) atoms. The second-order valence-electron chi connectivity index (χ2n) is 3.77. The molecule has 0 bridgehead atoms. The number of rotatable bonds is 7. The van der Waals surface area contributed by atoms with Crippen molar-refractivity contribution in [3.63, 3.8) is 0 Å². The van der Waals surface area contributed by atoms with Gasteiger partial charge < -0.3 is 4.74 Å². The van der Waals surface area contributed by atoms with Crippen LogP contribution in [0, 0.1) is 11.8 Å². The van der Waals surface area contributed by atoms with E-state index in [4.69, 9.17) is 4.74 Å². The molecule has 0 amide bonds. The fourth-order valence-electron chi connectivity index (χ4n) is 1.03. The maximum atomic E-state index is 11.6. The van der Waals surface area contributed by atoms with E-state index in [0.29, 0.717) is 5.92 Å². The van der Waals surface area contributed by atoms with Crippen molar-refractivity contribution >= 4 is 25.8 Å². The second kappa shape index (κ2) is 6.80. The Hall–Kier alpha value is 0.390. The predicted molar refractivity (Wildman–Crippen MR) is 62.7 cm³/mol. The third kappa shape index (κ3) is 5.98. The van der Waals surface area contributed by atoms with E-state index in [2.05, 4.69) is 15.9 Å². The van der Waals surface area contributed by atoms with Crippen LogP contribution in [0.1, 0.15) is 13.8 Å². The van der Waals surface area contributed by atoms with E-state index in [-0.39, 0.29) is 24.0 Å². The molecule has 0 aromatic heterocycles. The number of ether oxygens (including phenoxy) is 1. The molecule has 0 N–H and O–H groups in total. The smallest absolute Gasteiger partial charge is 0.152 e. The predicted octanol–water partition coefficient (Wildman–Crippen LogP) is 1.71. The van der Waals surface area contributed by atoms with Gasteiger partial charge in [-0.05, 0) is 11.8 Å². The van der Waals surface area contributed by atoms with Crippen LogP contribution in [-0.2, 0) is 14.6 Å². The Balaban J connectivity index is 4.18. The fraction of sp³-hybridized carbons (Fsp3) is 1.00. The molecule has 0 radical (unpaired) electrons. The molecule has 0 spiro atoms. The van der Waals surface area contributed by atoms with E-state index in [1.807, 2.05) is 13.8 Å². The molecule has 0 aromatic rings. The lowest BCUT2D eigenvalue weighted by Crippen LogP contribution is -2.25. The molecule has 0 aliphatic rings. The molecule has 0 rings (SSSR count). The summed E-state index contributed by atoms with van der Waals surface area (Å²) in [7, 11) is -1.44. The molecule has 0 heterocycles. The van der Waals surface area contributed by atoms with Gasteiger partial charge in [0.05, 0.1) is 18.1 Å². The lowest BCUT2D eigenvalue weighted by atomic mass is 10.0. The Morgan fingerprint density at radius 3 is 2.29 bits per heavy atom. The summed E-state index contributed by atoms with van der Waals surface area (Å²) in [5, 5.41) is 0.733. The Kier molecular flexibility index (Phi) is 6.99. The lowest BCUT2D eigenvalue weighted by Gasteiger charge is -2.17. The first-order valence-electron chi connectivity index (χ1n) is 4.68. The quantitative estimate of drug-likeness (QED) is 0.670. The van der Waals surface area contributed by atoms with Crippen LogP contribution in [0.5, 0.6) is 0 Å². The van der Waals surface area contributed by atoms with E-state index < -0.39 is 9.84 Å². The minimum Gasteiger partial charge on any atom is -0.384 e. The van der Waals surface area contributed by atoms with Crippen LogP contribution in [0.4, 0.5) is 0 Å². The van der Waals surface area contributed by atoms with Crippen LogP contribution in [0.3, 0.4) is 0 Å². The first-order valence-corrected chi connectivity index (χ1v) is 7.62. The third-order valence-corrected chi connectivity index (χ3v) is 4.76. The minimum absolute atomic E-state index is 0.125. The highest BCUT2D eigenvalue weighted by Gasteiger charge is 2.20. The maximum absolute atomic E-state index is 11.6. The van der Waals surface area contributed by atoms with Crippen LogP contribution in [0.15, 0.2) is 0 Å². The first-order chi connectivity index (χ1) is 6.43. The van der Waals surface area contributed by atoms with Gasteiger partial charge in [-0.15, -0.1) is 0 Å². The van der Waals surface area contributed by atoms with E-state index in [1.54, 1.807) is 0 Å². The van der Waals surface area contributed by atoms with Crippen molar-refractivity contribution < 1.29 is 13.2 Å².